The molecule has 1 heterocycles. The van der Waals surface area contributed by atoms with Gasteiger partial charge in [0.05, 0.1) is 11.3 Å². The fourth-order valence-corrected chi connectivity index (χ4v) is 1.66. The van der Waals surface area contributed by atoms with Crippen LogP contribution in [0.1, 0.15) is 11.3 Å². The molecule has 2 nitrogen and oxygen atoms in total. The molecule has 2 aromatic rings. The van der Waals surface area contributed by atoms with Crippen LogP contribution >= 0.6 is 11.6 Å². The first kappa shape index (κ1) is 13.4. The molecule has 0 N–H and O–H groups in total. The minimum Gasteiger partial charge on any atom is -0.242 e. The van der Waals surface area contributed by atoms with Crippen LogP contribution in [0.25, 0.3) is 11.3 Å². The molecule has 0 fully saturated rings. The Kier molecular flexibility index (Phi) is 3.45. The molecular weight excluding hydrogens is 277 g/mol. The molecule has 6 heteroatoms. The zero-order chi connectivity index (χ0) is 14.0. The minimum absolute atomic E-state index is 0.00556. The Morgan fingerprint density at radius 3 is 2.21 bits per heavy atom. The summed E-state index contributed by atoms with van der Waals surface area (Å²) in [4.78, 5) is 3.52. The van der Waals surface area contributed by atoms with E-state index in [1.54, 1.807) is 0 Å². The van der Waals surface area contributed by atoms with Gasteiger partial charge in [-0.3, -0.25) is 0 Å². The quantitative estimate of drug-likeness (QED) is 0.782. The van der Waals surface area contributed by atoms with Crippen LogP contribution in [-0.2, 0) is 6.18 Å². The largest absolute Gasteiger partial charge is 0.433 e. The van der Waals surface area contributed by atoms with Crippen LogP contribution in [0.4, 0.5) is 13.2 Å². The number of hydrogen-bond donors (Lipinski definition) is 0. The SMILES string of the molecule is N#Cc1ccc(C(F)(F)F)nc1-c1ccc(Cl)cc1. The second kappa shape index (κ2) is 4.90. The zero-order valence-corrected chi connectivity index (χ0v) is 10.1. The molecule has 2 rings (SSSR count). The summed E-state index contributed by atoms with van der Waals surface area (Å²) in [6.45, 7) is 0. The molecule has 1 aromatic carbocycles. The van der Waals surface area contributed by atoms with Crippen LogP contribution in [0.15, 0.2) is 36.4 Å². The van der Waals surface area contributed by atoms with Gasteiger partial charge in [0.1, 0.15) is 11.8 Å². The highest BCUT2D eigenvalue weighted by Gasteiger charge is 2.33. The van der Waals surface area contributed by atoms with Crippen LogP contribution in [0.2, 0.25) is 5.02 Å². The van der Waals surface area contributed by atoms with Crippen LogP contribution in [0, 0.1) is 11.3 Å². The Morgan fingerprint density at radius 1 is 1.05 bits per heavy atom. The van der Waals surface area contributed by atoms with Crippen LogP contribution < -0.4 is 0 Å². The molecule has 19 heavy (non-hydrogen) atoms. The van der Waals surface area contributed by atoms with Crippen molar-refractivity contribution in [1.82, 2.24) is 4.98 Å². The molecule has 0 radical (unpaired) electrons. The summed E-state index contributed by atoms with van der Waals surface area (Å²) < 4.78 is 37.9. The van der Waals surface area contributed by atoms with Crippen LogP contribution in [0.3, 0.4) is 0 Å². The normalized spacial score (nSPS) is 11.1. The van der Waals surface area contributed by atoms with E-state index in [0.29, 0.717) is 10.6 Å². The highest BCUT2D eigenvalue weighted by molar-refractivity contribution is 6.30. The zero-order valence-electron chi connectivity index (χ0n) is 9.37. The van der Waals surface area contributed by atoms with Crippen molar-refractivity contribution in [3.8, 4) is 17.3 Å². The van der Waals surface area contributed by atoms with Gasteiger partial charge in [0.15, 0.2) is 0 Å². The Balaban J connectivity index is 2.60. The number of benzene rings is 1. The predicted octanol–water partition coefficient (Wildman–Crippen LogP) is 4.29. The summed E-state index contributed by atoms with van der Waals surface area (Å²) >= 11 is 5.71. The number of aromatic nitrogens is 1. The molecule has 0 spiro atoms. The van der Waals surface area contributed by atoms with E-state index in [2.05, 4.69) is 4.98 Å². The molecule has 0 saturated carbocycles. The Bertz CT molecular complexity index is 642. The van der Waals surface area contributed by atoms with Crippen molar-refractivity contribution >= 4 is 11.6 Å². The fraction of sp³-hybridized carbons (Fsp3) is 0.0769. The third-order valence-corrected chi connectivity index (χ3v) is 2.68. The van der Waals surface area contributed by atoms with E-state index in [4.69, 9.17) is 16.9 Å². The van der Waals surface area contributed by atoms with Crippen molar-refractivity contribution in [2.24, 2.45) is 0 Å². The summed E-state index contributed by atoms with van der Waals surface area (Å²) in [5.74, 6) is 0. The molecule has 0 aliphatic carbocycles. The van der Waals surface area contributed by atoms with E-state index in [-0.39, 0.29) is 11.3 Å². The summed E-state index contributed by atoms with van der Waals surface area (Å²) in [5, 5.41) is 9.38. The number of nitriles is 1. The van der Waals surface area contributed by atoms with E-state index in [9.17, 15) is 13.2 Å². The Labute approximate surface area is 112 Å². The van der Waals surface area contributed by atoms with E-state index in [1.807, 2.05) is 6.07 Å². The molecule has 0 aliphatic rings. The van der Waals surface area contributed by atoms with E-state index >= 15 is 0 Å². The van der Waals surface area contributed by atoms with E-state index in [0.717, 1.165) is 12.1 Å². The van der Waals surface area contributed by atoms with Crippen molar-refractivity contribution in [2.45, 2.75) is 6.18 Å². The maximum atomic E-state index is 12.6. The standard InChI is InChI=1S/C13H6ClF3N2/c14-10-4-1-8(2-5-10)12-9(7-18)3-6-11(19-12)13(15,16)17/h1-6H. The molecule has 1 aromatic heterocycles. The van der Waals surface area contributed by atoms with Gasteiger partial charge in [0.2, 0.25) is 0 Å². The third kappa shape index (κ3) is 2.85. The second-order valence-corrected chi connectivity index (χ2v) is 4.15. The van der Waals surface area contributed by atoms with Crippen molar-refractivity contribution in [3.05, 3.63) is 52.7 Å². The highest BCUT2D eigenvalue weighted by Crippen LogP contribution is 2.31. The lowest BCUT2D eigenvalue weighted by molar-refractivity contribution is -0.141. The van der Waals surface area contributed by atoms with Gasteiger partial charge in [-0.1, -0.05) is 23.7 Å². The van der Waals surface area contributed by atoms with Crippen molar-refractivity contribution in [2.75, 3.05) is 0 Å². The lowest BCUT2D eigenvalue weighted by Gasteiger charge is -2.09. The van der Waals surface area contributed by atoms with Gasteiger partial charge in [0, 0.05) is 10.6 Å². The smallest absolute Gasteiger partial charge is 0.242 e. The topological polar surface area (TPSA) is 36.7 Å². The molecule has 0 bridgehead atoms. The average Bonchev–Trinajstić information content (AvgIpc) is 2.38. The maximum Gasteiger partial charge on any atom is 0.433 e. The lowest BCUT2D eigenvalue weighted by atomic mass is 10.1. The van der Waals surface area contributed by atoms with E-state index < -0.39 is 11.9 Å². The van der Waals surface area contributed by atoms with E-state index in [1.165, 1.54) is 24.3 Å². The number of nitrogens with zero attached hydrogens (tertiary/aromatic N) is 2. The molecule has 0 amide bonds. The Morgan fingerprint density at radius 2 is 1.68 bits per heavy atom. The molecular formula is C13H6ClF3N2. The predicted molar refractivity (Wildman–Crippen MR) is 64.4 cm³/mol. The summed E-state index contributed by atoms with van der Waals surface area (Å²) in [6, 6.07) is 9.82. The molecule has 0 atom stereocenters. The fourth-order valence-electron chi connectivity index (χ4n) is 1.54. The lowest BCUT2D eigenvalue weighted by Crippen LogP contribution is -2.09. The van der Waals surface area contributed by atoms with Gasteiger partial charge < -0.3 is 0 Å². The highest BCUT2D eigenvalue weighted by atomic mass is 35.5. The monoisotopic (exact) mass is 282 g/mol. The number of halogens is 4. The van der Waals surface area contributed by atoms with Gasteiger partial charge in [-0.25, -0.2) is 4.98 Å². The number of pyridine rings is 1. The molecule has 0 aliphatic heterocycles. The van der Waals surface area contributed by atoms with Crippen LogP contribution in [-0.4, -0.2) is 4.98 Å². The Hall–Kier alpha value is -2.06. The van der Waals surface area contributed by atoms with Gasteiger partial charge in [-0.15, -0.1) is 0 Å². The summed E-state index contributed by atoms with van der Waals surface area (Å²) in [7, 11) is 0. The number of alkyl halides is 3. The first-order valence-corrected chi connectivity index (χ1v) is 5.54. The number of hydrogen-bond acceptors (Lipinski definition) is 2. The first-order valence-electron chi connectivity index (χ1n) is 5.16. The summed E-state index contributed by atoms with van der Waals surface area (Å²) in [6.07, 6.45) is -4.55. The second-order valence-electron chi connectivity index (χ2n) is 3.71. The van der Waals surface area contributed by atoms with Gasteiger partial charge in [-0.2, -0.15) is 18.4 Å². The molecule has 0 saturated heterocycles. The first-order chi connectivity index (χ1) is 8.91. The maximum absolute atomic E-state index is 12.6. The van der Waals surface area contributed by atoms with Crippen molar-refractivity contribution in [1.29, 1.82) is 5.26 Å². The summed E-state index contributed by atoms with van der Waals surface area (Å²) in [5.41, 5.74) is -0.548. The number of rotatable bonds is 1. The average molecular weight is 283 g/mol. The van der Waals surface area contributed by atoms with Gasteiger partial charge in [-0.05, 0) is 24.3 Å². The van der Waals surface area contributed by atoms with Crippen LogP contribution in [0.5, 0.6) is 0 Å². The van der Waals surface area contributed by atoms with Gasteiger partial charge in [0.25, 0.3) is 0 Å². The minimum atomic E-state index is -4.55. The third-order valence-electron chi connectivity index (χ3n) is 2.42. The van der Waals surface area contributed by atoms with Crippen molar-refractivity contribution in [3.63, 3.8) is 0 Å². The molecule has 96 valence electrons. The van der Waals surface area contributed by atoms with Crippen molar-refractivity contribution < 1.29 is 13.2 Å². The molecule has 0 unspecified atom stereocenters. The van der Waals surface area contributed by atoms with Gasteiger partial charge >= 0.3 is 6.18 Å².